The molecule has 2 N–H and O–H groups in total. The summed E-state index contributed by atoms with van der Waals surface area (Å²) in [5.74, 6) is -2.73. The maximum Gasteiger partial charge on any atom is 0.329 e. The van der Waals surface area contributed by atoms with Crippen LogP contribution < -0.4 is 5.32 Å². The lowest BCUT2D eigenvalue weighted by molar-refractivity contribution is -0.160. The van der Waals surface area contributed by atoms with Crippen molar-refractivity contribution in [2.24, 2.45) is 0 Å². The summed E-state index contributed by atoms with van der Waals surface area (Å²) in [5, 5.41) is 10.5. The van der Waals surface area contributed by atoms with Gasteiger partial charge in [0.25, 0.3) is 0 Å². The predicted octanol–water partition coefficient (Wildman–Crippen LogP) is 3.13. The molecular formula is C25H29F2NO6S. The molecule has 2 aliphatic rings. The van der Waals surface area contributed by atoms with Crippen LogP contribution >= 0.6 is 0 Å². The highest BCUT2D eigenvalue weighted by Gasteiger charge is 2.43. The second kappa shape index (κ2) is 10.3. The molecule has 10 heteroatoms. The van der Waals surface area contributed by atoms with Crippen LogP contribution in [-0.2, 0) is 36.1 Å². The van der Waals surface area contributed by atoms with E-state index in [2.05, 4.69) is 5.32 Å². The van der Waals surface area contributed by atoms with Crippen molar-refractivity contribution in [2.45, 2.75) is 48.3 Å². The summed E-state index contributed by atoms with van der Waals surface area (Å²) in [6, 6.07) is 10.4. The van der Waals surface area contributed by atoms with Crippen molar-refractivity contribution in [3.63, 3.8) is 0 Å². The SMILES string of the molecule is C[C@@H]1NC[C@@H](c2ccccc2)S(=O)(=O)C1Cc1cc(F)c(C2(OCC(=O)O)CCOCC2)cc1F. The average molecular weight is 510 g/mol. The Morgan fingerprint density at radius 1 is 1.17 bits per heavy atom. The number of benzene rings is 2. The Hall–Kier alpha value is -2.40. The molecule has 0 aliphatic carbocycles. The molecule has 0 amide bonds. The molecule has 2 heterocycles. The lowest BCUT2D eigenvalue weighted by atomic mass is 9.84. The van der Waals surface area contributed by atoms with Crippen molar-refractivity contribution in [3.8, 4) is 0 Å². The van der Waals surface area contributed by atoms with Crippen LogP contribution in [0, 0.1) is 11.6 Å². The van der Waals surface area contributed by atoms with Gasteiger partial charge in [-0.1, -0.05) is 30.3 Å². The molecule has 2 aliphatic heterocycles. The number of carboxylic acids is 1. The minimum absolute atomic E-state index is 0.0531. The standard InChI is InChI=1S/C25H29F2NO6S/c1-16-22(35(31,32)23(14-28-16)17-5-3-2-4-6-17)12-18-11-21(27)19(13-20(18)26)25(34-15-24(29)30)7-9-33-10-8-25/h2-6,11,13,16,22-23,28H,7-10,12,14-15H2,1H3,(H,29,30)/t16-,22?,23-/m0/s1. The van der Waals surface area contributed by atoms with Gasteiger partial charge in [-0.05, 0) is 36.6 Å². The van der Waals surface area contributed by atoms with Crippen LogP contribution in [0.4, 0.5) is 8.78 Å². The summed E-state index contributed by atoms with van der Waals surface area (Å²) in [7, 11) is -3.71. The first-order chi connectivity index (χ1) is 16.6. The first-order valence-electron chi connectivity index (χ1n) is 11.6. The maximum atomic E-state index is 15.4. The van der Waals surface area contributed by atoms with Crippen molar-refractivity contribution in [3.05, 3.63) is 70.8 Å². The minimum Gasteiger partial charge on any atom is -0.480 e. The summed E-state index contributed by atoms with van der Waals surface area (Å²) in [6.07, 6.45) is 0.147. The van der Waals surface area contributed by atoms with Crippen LogP contribution in [0.15, 0.2) is 42.5 Å². The van der Waals surface area contributed by atoms with Gasteiger partial charge in [-0.15, -0.1) is 0 Å². The van der Waals surface area contributed by atoms with E-state index in [4.69, 9.17) is 14.6 Å². The highest BCUT2D eigenvalue weighted by molar-refractivity contribution is 7.92. The summed E-state index contributed by atoms with van der Waals surface area (Å²) < 4.78 is 68.6. The van der Waals surface area contributed by atoms with Gasteiger partial charge in [0.2, 0.25) is 0 Å². The fraction of sp³-hybridized carbons (Fsp3) is 0.480. The molecular weight excluding hydrogens is 480 g/mol. The lowest BCUT2D eigenvalue weighted by Crippen LogP contribution is -2.53. The number of halogens is 2. The summed E-state index contributed by atoms with van der Waals surface area (Å²) >= 11 is 0. The van der Waals surface area contributed by atoms with Crippen molar-refractivity contribution in [2.75, 3.05) is 26.4 Å². The number of hydrogen-bond acceptors (Lipinski definition) is 6. The second-order valence-electron chi connectivity index (χ2n) is 9.14. The van der Waals surface area contributed by atoms with Gasteiger partial charge >= 0.3 is 5.97 Å². The van der Waals surface area contributed by atoms with Crippen LogP contribution in [-0.4, -0.2) is 57.2 Å². The number of nitrogens with one attached hydrogen (secondary N) is 1. The molecule has 35 heavy (non-hydrogen) atoms. The fourth-order valence-electron chi connectivity index (χ4n) is 5.01. The number of carbonyl (C=O) groups is 1. The van der Waals surface area contributed by atoms with Crippen LogP contribution in [0.3, 0.4) is 0 Å². The zero-order valence-electron chi connectivity index (χ0n) is 19.4. The molecule has 1 unspecified atom stereocenters. The Kier molecular flexibility index (Phi) is 7.56. The minimum atomic E-state index is -3.71. The Balaban J connectivity index is 1.64. The number of sulfone groups is 1. The van der Waals surface area contributed by atoms with E-state index in [9.17, 15) is 13.2 Å². The molecule has 0 spiro atoms. The van der Waals surface area contributed by atoms with Gasteiger partial charge in [0, 0.05) is 44.2 Å². The molecule has 2 aromatic carbocycles. The van der Waals surface area contributed by atoms with E-state index in [1.54, 1.807) is 37.3 Å². The molecule has 0 bridgehead atoms. The molecule has 0 saturated carbocycles. The van der Waals surface area contributed by atoms with Crippen LogP contribution in [0.25, 0.3) is 0 Å². The largest absolute Gasteiger partial charge is 0.480 e. The smallest absolute Gasteiger partial charge is 0.329 e. The number of ether oxygens (including phenoxy) is 2. The van der Waals surface area contributed by atoms with E-state index in [-0.39, 0.29) is 50.1 Å². The Bertz CT molecular complexity index is 1170. The van der Waals surface area contributed by atoms with E-state index in [0.29, 0.717) is 5.56 Å². The summed E-state index contributed by atoms with van der Waals surface area (Å²) in [4.78, 5) is 11.1. The Labute approximate surface area is 203 Å². The quantitative estimate of drug-likeness (QED) is 0.591. The Morgan fingerprint density at radius 2 is 1.86 bits per heavy atom. The Morgan fingerprint density at radius 3 is 2.51 bits per heavy atom. The molecule has 2 fully saturated rings. The normalized spacial score (nSPS) is 25.7. The molecule has 190 valence electrons. The molecule has 0 aromatic heterocycles. The number of hydrogen-bond donors (Lipinski definition) is 2. The zero-order chi connectivity index (χ0) is 25.2. The average Bonchev–Trinajstić information content (AvgIpc) is 2.83. The van der Waals surface area contributed by atoms with Crippen LogP contribution in [0.5, 0.6) is 0 Å². The van der Waals surface area contributed by atoms with Crippen molar-refractivity contribution in [1.82, 2.24) is 5.32 Å². The van der Waals surface area contributed by atoms with E-state index in [1.807, 2.05) is 0 Å². The van der Waals surface area contributed by atoms with E-state index >= 15 is 8.78 Å². The topological polar surface area (TPSA) is 102 Å². The predicted molar refractivity (Wildman–Crippen MR) is 125 cm³/mol. The molecule has 7 nitrogen and oxygen atoms in total. The molecule has 4 rings (SSSR count). The molecule has 2 saturated heterocycles. The van der Waals surface area contributed by atoms with Crippen molar-refractivity contribution in [1.29, 1.82) is 0 Å². The van der Waals surface area contributed by atoms with Crippen molar-refractivity contribution >= 4 is 15.8 Å². The molecule has 0 radical (unpaired) electrons. The van der Waals surface area contributed by atoms with Gasteiger partial charge in [0.1, 0.15) is 23.8 Å². The third-order valence-electron chi connectivity index (χ3n) is 6.99. The third kappa shape index (κ3) is 5.25. The highest BCUT2D eigenvalue weighted by Crippen LogP contribution is 2.39. The summed E-state index contributed by atoms with van der Waals surface area (Å²) in [5.41, 5.74) is -0.814. The van der Waals surface area contributed by atoms with Gasteiger partial charge in [-0.2, -0.15) is 0 Å². The van der Waals surface area contributed by atoms with Crippen molar-refractivity contribution < 1.29 is 36.6 Å². The second-order valence-corrected chi connectivity index (χ2v) is 11.5. The van der Waals surface area contributed by atoms with Gasteiger partial charge in [0.05, 0.1) is 10.5 Å². The van der Waals surface area contributed by atoms with E-state index in [1.165, 1.54) is 0 Å². The number of carboxylic acid groups (broad SMARTS) is 1. The number of aliphatic carboxylic acids is 1. The van der Waals surface area contributed by atoms with Gasteiger partial charge in [0.15, 0.2) is 9.84 Å². The van der Waals surface area contributed by atoms with E-state index in [0.717, 1.165) is 12.1 Å². The maximum absolute atomic E-state index is 15.4. The number of rotatable bonds is 7. The van der Waals surface area contributed by atoms with Crippen LogP contribution in [0.1, 0.15) is 41.7 Å². The van der Waals surface area contributed by atoms with E-state index < -0.39 is 56.2 Å². The highest BCUT2D eigenvalue weighted by atomic mass is 32.2. The fourth-order valence-corrected chi connectivity index (χ4v) is 7.37. The monoisotopic (exact) mass is 509 g/mol. The van der Waals surface area contributed by atoms with Crippen LogP contribution in [0.2, 0.25) is 0 Å². The molecule has 2 aromatic rings. The third-order valence-corrected chi connectivity index (χ3v) is 9.64. The summed E-state index contributed by atoms with van der Waals surface area (Å²) in [6.45, 7) is 1.74. The molecule has 3 atom stereocenters. The lowest BCUT2D eigenvalue weighted by Gasteiger charge is -2.38. The first kappa shape index (κ1) is 25.7. The van der Waals surface area contributed by atoms with Gasteiger partial charge in [-0.3, -0.25) is 0 Å². The van der Waals surface area contributed by atoms with Gasteiger partial charge in [-0.25, -0.2) is 22.0 Å². The first-order valence-corrected chi connectivity index (χ1v) is 13.2. The van der Waals surface area contributed by atoms with Gasteiger partial charge < -0.3 is 19.9 Å². The zero-order valence-corrected chi connectivity index (χ0v) is 20.2.